The number of carboxylic acid groups (broad SMARTS) is 1. The molecule has 4 rings (SSSR count). The number of nitrogens with one attached hydrogen (secondary N) is 1. The quantitative estimate of drug-likeness (QED) is 0.373. The lowest BCUT2D eigenvalue weighted by Crippen LogP contribution is -2.30. The van der Waals surface area contributed by atoms with Gasteiger partial charge in [-0.25, -0.2) is 0 Å². The highest BCUT2D eigenvalue weighted by Gasteiger charge is 2.39. The summed E-state index contributed by atoms with van der Waals surface area (Å²) in [5.41, 5.74) is 2.85. The molecule has 34 heavy (non-hydrogen) atoms. The van der Waals surface area contributed by atoms with Gasteiger partial charge in [0.05, 0.1) is 6.61 Å². The van der Waals surface area contributed by atoms with E-state index >= 15 is 0 Å². The maximum Gasteiger partial charge on any atom is 0.303 e. The summed E-state index contributed by atoms with van der Waals surface area (Å²) in [6.07, 6.45) is 7.07. The number of hydrogen-bond donors (Lipinski definition) is 2. The fraction of sp³-hybridized carbons (Fsp3) is 0.481. The highest BCUT2D eigenvalue weighted by Crippen LogP contribution is 2.47. The SMILES string of the molecule is O=C(O)CCCOc1ccc(-c2ccc(Cl)cc2Cl)cc1C(C1CCCCC1)C1CCNC1=O. The number of carboxylic acids is 1. The maximum atomic E-state index is 12.9. The van der Waals surface area contributed by atoms with E-state index in [1.54, 1.807) is 6.07 Å². The second-order valence-corrected chi connectivity index (χ2v) is 10.2. The zero-order valence-electron chi connectivity index (χ0n) is 19.2. The Morgan fingerprint density at radius 2 is 1.88 bits per heavy atom. The monoisotopic (exact) mass is 503 g/mol. The first kappa shape index (κ1) is 24.9. The van der Waals surface area contributed by atoms with E-state index in [1.807, 2.05) is 24.3 Å². The summed E-state index contributed by atoms with van der Waals surface area (Å²) in [7, 11) is 0. The van der Waals surface area contributed by atoms with Gasteiger partial charge in [0.15, 0.2) is 0 Å². The van der Waals surface area contributed by atoms with Crippen LogP contribution in [0.2, 0.25) is 10.0 Å². The van der Waals surface area contributed by atoms with Gasteiger partial charge in [-0.15, -0.1) is 0 Å². The molecular formula is C27H31Cl2NO4. The Kier molecular flexibility index (Phi) is 8.38. The van der Waals surface area contributed by atoms with E-state index < -0.39 is 5.97 Å². The molecule has 7 heteroatoms. The first-order valence-corrected chi connectivity index (χ1v) is 12.9. The van der Waals surface area contributed by atoms with Crippen LogP contribution in [0.4, 0.5) is 0 Å². The Bertz CT molecular complexity index is 1040. The van der Waals surface area contributed by atoms with Crippen LogP contribution < -0.4 is 10.1 Å². The van der Waals surface area contributed by atoms with E-state index in [4.69, 9.17) is 33.0 Å². The summed E-state index contributed by atoms with van der Waals surface area (Å²) in [6.45, 7) is 1.01. The molecular weight excluding hydrogens is 473 g/mol. The summed E-state index contributed by atoms with van der Waals surface area (Å²) in [5, 5.41) is 13.2. The van der Waals surface area contributed by atoms with Gasteiger partial charge in [0.25, 0.3) is 0 Å². The first-order chi connectivity index (χ1) is 16.4. The number of amides is 1. The minimum Gasteiger partial charge on any atom is -0.493 e. The van der Waals surface area contributed by atoms with Crippen molar-refractivity contribution < 1.29 is 19.4 Å². The Morgan fingerprint density at radius 1 is 1.09 bits per heavy atom. The number of carbonyl (C=O) groups is 2. The van der Waals surface area contributed by atoms with E-state index in [1.165, 1.54) is 19.3 Å². The van der Waals surface area contributed by atoms with Gasteiger partial charge in [0.1, 0.15) is 5.75 Å². The molecule has 1 aliphatic heterocycles. The number of aliphatic carboxylic acids is 1. The van der Waals surface area contributed by atoms with Crippen LogP contribution in [0.25, 0.3) is 11.1 Å². The normalized spacial score (nSPS) is 19.6. The number of carbonyl (C=O) groups excluding carboxylic acids is 1. The van der Waals surface area contributed by atoms with Crippen molar-refractivity contribution >= 4 is 35.1 Å². The van der Waals surface area contributed by atoms with E-state index in [0.717, 1.165) is 41.7 Å². The van der Waals surface area contributed by atoms with Crippen molar-refractivity contribution in [2.75, 3.05) is 13.2 Å². The van der Waals surface area contributed by atoms with Crippen LogP contribution in [-0.4, -0.2) is 30.1 Å². The topological polar surface area (TPSA) is 75.6 Å². The molecule has 182 valence electrons. The van der Waals surface area contributed by atoms with E-state index in [-0.39, 0.29) is 24.2 Å². The van der Waals surface area contributed by atoms with Gasteiger partial charge in [0, 0.05) is 40.4 Å². The molecule has 1 amide bonds. The van der Waals surface area contributed by atoms with Gasteiger partial charge in [-0.1, -0.05) is 54.6 Å². The molecule has 2 atom stereocenters. The molecule has 1 heterocycles. The molecule has 2 fully saturated rings. The van der Waals surface area contributed by atoms with Gasteiger partial charge in [-0.2, -0.15) is 0 Å². The summed E-state index contributed by atoms with van der Waals surface area (Å²) < 4.78 is 6.15. The zero-order valence-corrected chi connectivity index (χ0v) is 20.7. The Hall–Kier alpha value is -2.24. The molecule has 2 aromatic carbocycles. The van der Waals surface area contributed by atoms with Crippen LogP contribution in [0.1, 0.15) is 62.8 Å². The molecule has 5 nitrogen and oxygen atoms in total. The average molecular weight is 504 g/mol. The predicted molar refractivity (Wildman–Crippen MR) is 135 cm³/mol. The third-order valence-electron chi connectivity index (χ3n) is 7.09. The van der Waals surface area contributed by atoms with Gasteiger partial charge in [-0.3, -0.25) is 9.59 Å². The zero-order chi connectivity index (χ0) is 24.1. The van der Waals surface area contributed by atoms with E-state index in [0.29, 0.717) is 35.5 Å². The van der Waals surface area contributed by atoms with Gasteiger partial charge < -0.3 is 15.2 Å². The predicted octanol–water partition coefficient (Wildman–Crippen LogP) is 6.70. The van der Waals surface area contributed by atoms with Crippen LogP contribution in [0, 0.1) is 11.8 Å². The summed E-state index contributed by atoms with van der Waals surface area (Å²) in [6, 6.07) is 11.5. The minimum atomic E-state index is -0.834. The molecule has 2 N–H and O–H groups in total. The molecule has 0 radical (unpaired) electrons. The van der Waals surface area contributed by atoms with Gasteiger partial charge in [-0.05, 0) is 67.0 Å². The molecule has 1 aliphatic carbocycles. The molecule has 2 aromatic rings. The molecule has 0 spiro atoms. The smallest absolute Gasteiger partial charge is 0.303 e. The summed E-state index contributed by atoms with van der Waals surface area (Å²) in [5.74, 6) is 0.361. The molecule has 0 bridgehead atoms. The first-order valence-electron chi connectivity index (χ1n) is 12.2. The lowest BCUT2D eigenvalue weighted by atomic mass is 9.70. The summed E-state index contributed by atoms with van der Waals surface area (Å²) in [4.78, 5) is 23.8. The van der Waals surface area contributed by atoms with Crippen LogP contribution in [0.15, 0.2) is 36.4 Å². The third kappa shape index (κ3) is 5.87. The van der Waals surface area contributed by atoms with Crippen LogP contribution in [-0.2, 0) is 9.59 Å². The van der Waals surface area contributed by atoms with E-state index in [9.17, 15) is 9.59 Å². The van der Waals surface area contributed by atoms with Crippen molar-refractivity contribution in [3.05, 3.63) is 52.0 Å². The van der Waals surface area contributed by atoms with Gasteiger partial charge in [0.2, 0.25) is 5.91 Å². The van der Waals surface area contributed by atoms with Crippen molar-refractivity contribution in [1.29, 1.82) is 0 Å². The largest absolute Gasteiger partial charge is 0.493 e. The van der Waals surface area contributed by atoms with E-state index in [2.05, 4.69) is 11.4 Å². The fourth-order valence-electron chi connectivity index (χ4n) is 5.49. The second kappa shape index (κ2) is 11.5. The van der Waals surface area contributed by atoms with Gasteiger partial charge >= 0.3 is 5.97 Å². The molecule has 2 unspecified atom stereocenters. The highest BCUT2D eigenvalue weighted by atomic mass is 35.5. The van der Waals surface area contributed by atoms with Crippen molar-refractivity contribution in [3.8, 4) is 16.9 Å². The van der Waals surface area contributed by atoms with Crippen molar-refractivity contribution in [1.82, 2.24) is 5.32 Å². The molecule has 2 aliphatic rings. The number of halogens is 2. The van der Waals surface area contributed by atoms with Crippen molar-refractivity contribution in [3.63, 3.8) is 0 Å². The maximum absolute atomic E-state index is 12.9. The number of hydrogen-bond acceptors (Lipinski definition) is 3. The number of benzene rings is 2. The average Bonchev–Trinajstić information content (AvgIpc) is 3.23. The highest BCUT2D eigenvalue weighted by molar-refractivity contribution is 6.36. The Morgan fingerprint density at radius 3 is 2.56 bits per heavy atom. The molecule has 1 saturated heterocycles. The molecule has 0 aromatic heterocycles. The standard InChI is InChI=1S/C27H31Cl2NO4/c28-19-9-10-20(23(29)16-19)18-8-11-24(34-14-4-7-25(31)32)22(15-18)26(17-5-2-1-3-6-17)21-12-13-30-27(21)33/h8-11,15-17,21,26H,1-7,12-14H2,(H,30,33)(H,31,32). The minimum absolute atomic E-state index is 0.0447. The fourth-order valence-corrected chi connectivity index (χ4v) is 6.00. The summed E-state index contributed by atoms with van der Waals surface area (Å²) >= 11 is 12.6. The Labute approximate surface area is 210 Å². The third-order valence-corrected chi connectivity index (χ3v) is 7.63. The number of rotatable bonds is 9. The number of ether oxygens (including phenoxy) is 1. The lowest BCUT2D eigenvalue weighted by molar-refractivity contribution is -0.137. The lowest BCUT2D eigenvalue weighted by Gasteiger charge is -2.35. The van der Waals surface area contributed by atoms with Crippen molar-refractivity contribution in [2.24, 2.45) is 11.8 Å². The van der Waals surface area contributed by atoms with Crippen LogP contribution in [0.5, 0.6) is 5.75 Å². The van der Waals surface area contributed by atoms with Crippen molar-refractivity contribution in [2.45, 2.75) is 57.3 Å². The van der Waals surface area contributed by atoms with Crippen LogP contribution >= 0.6 is 23.2 Å². The van der Waals surface area contributed by atoms with Crippen LogP contribution in [0.3, 0.4) is 0 Å². The Balaban J connectivity index is 1.75. The second-order valence-electron chi connectivity index (χ2n) is 9.33. The molecule has 1 saturated carbocycles.